The third-order valence-electron chi connectivity index (χ3n) is 4.73. The predicted octanol–water partition coefficient (Wildman–Crippen LogP) is 3.61. The first-order valence-corrected chi connectivity index (χ1v) is 8.86. The van der Waals surface area contributed by atoms with Crippen molar-refractivity contribution in [3.05, 3.63) is 78.4 Å². The van der Waals surface area contributed by atoms with E-state index in [2.05, 4.69) is 25.8 Å². The Kier molecular flexibility index (Phi) is 4.34. The molecule has 3 heterocycles. The van der Waals surface area contributed by atoms with E-state index in [1.165, 1.54) is 0 Å². The van der Waals surface area contributed by atoms with Gasteiger partial charge in [-0.1, -0.05) is 18.2 Å². The van der Waals surface area contributed by atoms with Crippen LogP contribution in [0.4, 0.5) is 5.69 Å². The van der Waals surface area contributed by atoms with Gasteiger partial charge in [0, 0.05) is 25.1 Å². The smallest absolute Gasteiger partial charge is 0.174 e. The highest BCUT2D eigenvalue weighted by Gasteiger charge is 2.42. The van der Waals surface area contributed by atoms with Crippen LogP contribution in [0.2, 0.25) is 0 Å². The van der Waals surface area contributed by atoms with E-state index in [0.717, 1.165) is 22.8 Å². The normalized spacial score (nSPS) is 19.5. The maximum atomic E-state index is 5.72. The zero-order valence-electron chi connectivity index (χ0n) is 14.7. The van der Waals surface area contributed by atoms with Gasteiger partial charge in [0.05, 0.1) is 24.5 Å². The minimum atomic E-state index is -0.0535. The first-order chi connectivity index (χ1) is 12.7. The maximum Gasteiger partial charge on any atom is 0.174 e. The third kappa shape index (κ3) is 2.72. The van der Waals surface area contributed by atoms with Crippen LogP contribution >= 0.6 is 12.2 Å². The fourth-order valence-electron chi connectivity index (χ4n) is 3.53. The van der Waals surface area contributed by atoms with Crippen molar-refractivity contribution in [1.82, 2.24) is 14.9 Å². The number of nitrogens with one attached hydrogen (secondary N) is 1. The van der Waals surface area contributed by atoms with Gasteiger partial charge in [-0.2, -0.15) is 0 Å². The molecule has 2 atom stereocenters. The second-order valence-electron chi connectivity index (χ2n) is 6.21. The number of ether oxygens (including phenoxy) is 1. The van der Waals surface area contributed by atoms with Gasteiger partial charge in [-0.15, -0.1) is 0 Å². The summed E-state index contributed by atoms with van der Waals surface area (Å²) in [7, 11) is 3.73. The van der Waals surface area contributed by atoms with Gasteiger partial charge < -0.3 is 19.5 Å². The number of aryl methyl sites for hydroxylation is 1. The molecule has 5 nitrogen and oxygen atoms in total. The van der Waals surface area contributed by atoms with Gasteiger partial charge in [-0.05, 0) is 48.6 Å². The Morgan fingerprint density at radius 3 is 2.58 bits per heavy atom. The lowest BCUT2D eigenvalue weighted by Gasteiger charge is -2.29. The van der Waals surface area contributed by atoms with Crippen LogP contribution in [0.1, 0.15) is 23.5 Å². The lowest BCUT2D eigenvalue weighted by Crippen LogP contribution is -2.30. The lowest BCUT2D eigenvalue weighted by molar-refractivity contribution is 0.414. The van der Waals surface area contributed by atoms with E-state index in [-0.39, 0.29) is 12.1 Å². The molecule has 26 heavy (non-hydrogen) atoms. The Hall–Kier alpha value is -2.86. The summed E-state index contributed by atoms with van der Waals surface area (Å²) in [6.45, 7) is 0. The van der Waals surface area contributed by atoms with Crippen molar-refractivity contribution >= 4 is 23.0 Å². The summed E-state index contributed by atoms with van der Waals surface area (Å²) in [6, 6.07) is 18.0. The first-order valence-electron chi connectivity index (χ1n) is 8.45. The number of nitrogens with zero attached hydrogens (tertiary/aromatic N) is 3. The third-order valence-corrected chi connectivity index (χ3v) is 5.04. The Labute approximate surface area is 158 Å². The van der Waals surface area contributed by atoms with Gasteiger partial charge in [0.25, 0.3) is 0 Å². The second-order valence-corrected chi connectivity index (χ2v) is 6.60. The molecule has 1 aromatic carbocycles. The molecule has 1 fully saturated rings. The molecule has 0 amide bonds. The van der Waals surface area contributed by atoms with Gasteiger partial charge in [-0.25, -0.2) is 0 Å². The zero-order valence-corrected chi connectivity index (χ0v) is 15.5. The highest BCUT2D eigenvalue weighted by atomic mass is 32.1. The zero-order chi connectivity index (χ0) is 18.1. The molecule has 0 radical (unpaired) electrons. The number of thiocarbonyl (C=S) groups is 1. The summed E-state index contributed by atoms with van der Waals surface area (Å²) < 4.78 is 7.72. The van der Waals surface area contributed by atoms with E-state index in [9.17, 15) is 0 Å². The second kappa shape index (κ2) is 6.80. The molecule has 6 heteroatoms. The Morgan fingerprint density at radius 1 is 1.08 bits per heavy atom. The number of hydrogen-bond donors (Lipinski definition) is 1. The standard InChI is InChI=1S/C20H20N4OS/c1-23-13-7-10-16(23)19-18(14-8-5-6-12-21-14)22-20(26)24(19)15-9-3-4-11-17(15)25-2/h3-13,18-19H,1-2H3,(H,22,26)/t18-,19-/m0/s1. The first kappa shape index (κ1) is 16.6. The van der Waals surface area contributed by atoms with Crippen LogP contribution in [0.5, 0.6) is 5.75 Å². The van der Waals surface area contributed by atoms with Crippen molar-refractivity contribution in [2.24, 2.45) is 7.05 Å². The summed E-state index contributed by atoms with van der Waals surface area (Å²) in [6.07, 6.45) is 3.86. The number of aromatic nitrogens is 2. The molecule has 0 saturated carbocycles. The van der Waals surface area contributed by atoms with E-state index in [1.807, 2.05) is 68.0 Å². The molecule has 4 rings (SSSR count). The number of anilines is 1. The molecule has 132 valence electrons. The van der Waals surface area contributed by atoms with Crippen LogP contribution in [0.25, 0.3) is 0 Å². The van der Waals surface area contributed by atoms with Gasteiger partial charge in [0.2, 0.25) is 0 Å². The molecule has 0 spiro atoms. The average Bonchev–Trinajstić information content (AvgIpc) is 3.25. The van der Waals surface area contributed by atoms with Gasteiger partial charge in [0.1, 0.15) is 11.8 Å². The van der Waals surface area contributed by atoms with E-state index < -0.39 is 0 Å². The topological polar surface area (TPSA) is 42.3 Å². The summed E-state index contributed by atoms with van der Waals surface area (Å²) in [5.41, 5.74) is 3.05. The Bertz CT molecular complexity index is 924. The fourth-order valence-corrected chi connectivity index (χ4v) is 3.86. The molecular formula is C20H20N4OS. The number of hydrogen-bond acceptors (Lipinski definition) is 3. The van der Waals surface area contributed by atoms with Crippen molar-refractivity contribution in [1.29, 1.82) is 0 Å². The molecule has 0 aliphatic carbocycles. The van der Waals surface area contributed by atoms with Crippen LogP contribution in [-0.4, -0.2) is 21.8 Å². The van der Waals surface area contributed by atoms with E-state index in [4.69, 9.17) is 17.0 Å². The quantitative estimate of drug-likeness (QED) is 0.717. The minimum absolute atomic E-state index is 0.0336. The molecule has 3 aromatic rings. The average molecular weight is 364 g/mol. The largest absolute Gasteiger partial charge is 0.495 e. The number of rotatable bonds is 4. The van der Waals surface area contributed by atoms with Crippen molar-refractivity contribution in [2.75, 3.05) is 12.0 Å². The Morgan fingerprint density at radius 2 is 1.88 bits per heavy atom. The molecule has 1 aliphatic heterocycles. The molecule has 1 N–H and O–H groups in total. The molecule has 0 bridgehead atoms. The molecule has 2 aromatic heterocycles. The van der Waals surface area contributed by atoms with Crippen LogP contribution in [0, 0.1) is 0 Å². The monoisotopic (exact) mass is 364 g/mol. The molecule has 1 aliphatic rings. The summed E-state index contributed by atoms with van der Waals surface area (Å²) in [5, 5.41) is 4.12. The molecular weight excluding hydrogens is 344 g/mol. The number of pyridine rings is 1. The van der Waals surface area contributed by atoms with Gasteiger partial charge in [0.15, 0.2) is 5.11 Å². The number of methoxy groups -OCH3 is 1. The van der Waals surface area contributed by atoms with E-state index in [0.29, 0.717) is 5.11 Å². The summed E-state index contributed by atoms with van der Waals surface area (Å²) in [4.78, 5) is 6.69. The van der Waals surface area contributed by atoms with Crippen LogP contribution in [0.15, 0.2) is 67.0 Å². The number of benzene rings is 1. The van der Waals surface area contributed by atoms with Gasteiger partial charge in [-0.3, -0.25) is 4.98 Å². The van der Waals surface area contributed by atoms with Crippen molar-refractivity contribution in [2.45, 2.75) is 12.1 Å². The lowest BCUT2D eigenvalue weighted by atomic mass is 10.0. The van der Waals surface area contributed by atoms with Crippen LogP contribution in [0.3, 0.4) is 0 Å². The van der Waals surface area contributed by atoms with Crippen molar-refractivity contribution in [3.63, 3.8) is 0 Å². The summed E-state index contributed by atoms with van der Waals surface area (Å²) >= 11 is 5.72. The van der Waals surface area contributed by atoms with Crippen LogP contribution < -0.4 is 15.0 Å². The van der Waals surface area contributed by atoms with E-state index >= 15 is 0 Å². The van der Waals surface area contributed by atoms with Crippen LogP contribution in [-0.2, 0) is 7.05 Å². The van der Waals surface area contributed by atoms with Crippen molar-refractivity contribution < 1.29 is 4.74 Å². The SMILES string of the molecule is COc1ccccc1N1C(=S)N[C@@H](c2ccccn2)[C@@H]1c1cccn1C. The van der Waals surface area contributed by atoms with Gasteiger partial charge >= 0.3 is 0 Å². The predicted molar refractivity (Wildman–Crippen MR) is 106 cm³/mol. The minimum Gasteiger partial charge on any atom is -0.495 e. The summed E-state index contributed by atoms with van der Waals surface area (Å²) in [5.74, 6) is 0.789. The van der Waals surface area contributed by atoms with E-state index in [1.54, 1.807) is 7.11 Å². The maximum absolute atomic E-state index is 5.72. The highest BCUT2D eigenvalue weighted by molar-refractivity contribution is 7.80. The fraction of sp³-hybridized carbons (Fsp3) is 0.200. The highest BCUT2D eigenvalue weighted by Crippen LogP contribution is 2.44. The molecule has 0 unspecified atom stereocenters. The van der Waals surface area contributed by atoms with Crippen molar-refractivity contribution in [3.8, 4) is 5.75 Å². The molecule has 1 saturated heterocycles. The Balaban J connectivity index is 1.87. The number of para-hydroxylation sites is 2.